The molecule has 3 aromatic rings. The van der Waals surface area contributed by atoms with Gasteiger partial charge in [-0.15, -0.1) is 0 Å². The van der Waals surface area contributed by atoms with Crippen LogP contribution in [0.4, 0.5) is 0 Å². The highest BCUT2D eigenvalue weighted by molar-refractivity contribution is 6.27. The molecule has 1 amide bonds. The van der Waals surface area contributed by atoms with Crippen molar-refractivity contribution in [3.05, 3.63) is 59.8 Å². The molecule has 0 aliphatic carbocycles. The van der Waals surface area contributed by atoms with Gasteiger partial charge in [0, 0.05) is 55.4 Å². The van der Waals surface area contributed by atoms with E-state index in [1.807, 2.05) is 11.0 Å². The van der Waals surface area contributed by atoms with Crippen molar-refractivity contribution in [2.75, 3.05) is 40.4 Å². The maximum Gasteiger partial charge on any atom is 0.414 e. The van der Waals surface area contributed by atoms with E-state index in [9.17, 15) is 4.79 Å². The molecule has 1 saturated heterocycles. The largest absolute Gasteiger partial charge is 0.493 e. The monoisotopic (exact) mass is 469 g/mol. The fraction of sp³-hybridized carbons (Fsp3) is 0.292. The molecule has 1 aromatic heterocycles. The molecule has 10 heteroatoms. The number of ether oxygens (including phenoxy) is 2. The number of aromatic nitrogens is 1. The third kappa shape index (κ3) is 5.84. The molecule has 4 rings (SSSR count). The van der Waals surface area contributed by atoms with E-state index in [0.717, 1.165) is 32.7 Å². The topological polar surface area (TPSA) is 132 Å². The minimum atomic E-state index is -1.82. The van der Waals surface area contributed by atoms with E-state index in [0.29, 0.717) is 17.1 Å². The van der Waals surface area contributed by atoms with Crippen LogP contribution < -0.4 is 9.47 Å². The van der Waals surface area contributed by atoms with Gasteiger partial charge in [-0.1, -0.05) is 18.2 Å². The van der Waals surface area contributed by atoms with Gasteiger partial charge in [0.1, 0.15) is 0 Å². The highest BCUT2D eigenvalue weighted by Crippen LogP contribution is 2.28. The van der Waals surface area contributed by atoms with Crippen LogP contribution in [0.25, 0.3) is 10.9 Å². The van der Waals surface area contributed by atoms with Crippen LogP contribution in [0.15, 0.2) is 48.7 Å². The summed E-state index contributed by atoms with van der Waals surface area (Å²) in [6, 6.07) is 13.7. The Kier molecular flexibility index (Phi) is 8.10. The fourth-order valence-electron chi connectivity index (χ4n) is 3.76. The van der Waals surface area contributed by atoms with E-state index in [2.05, 4.69) is 34.3 Å². The van der Waals surface area contributed by atoms with Crippen molar-refractivity contribution < 1.29 is 34.1 Å². The van der Waals surface area contributed by atoms with Gasteiger partial charge in [0.25, 0.3) is 5.91 Å². The zero-order chi connectivity index (χ0) is 24.7. The summed E-state index contributed by atoms with van der Waals surface area (Å²) in [6.45, 7) is 4.05. The van der Waals surface area contributed by atoms with Gasteiger partial charge in [0.15, 0.2) is 11.5 Å². The molecule has 1 aliphatic heterocycles. The van der Waals surface area contributed by atoms with Crippen LogP contribution in [0, 0.1) is 0 Å². The summed E-state index contributed by atoms with van der Waals surface area (Å²) in [6.07, 6.45) is 2.09. The van der Waals surface area contributed by atoms with Crippen molar-refractivity contribution >= 4 is 28.7 Å². The number of carbonyl (C=O) groups excluding carboxylic acids is 1. The Morgan fingerprint density at radius 1 is 0.912 bits per heavy atom. The molecule has 10 nitrogen and oxygen atoms in total. The number of amides is 1. The molecule has 0 bridgehead atoms. The molecule has 0 radical (unpaired) electrons. The average Bonchev–Trinajstić information content (AvgIpc) is 3.26. The molecular weight excluding hydrogens is 442 g/mol. The number of para-hydroxylation sites is 1. The lowest BCUT2D eigenvalue weighted by Crippen LogP contribution is -2.48. The highest BCUT2D eigenvalue weighted by atomic mass is 16.5. The molecule has 0 spiro atoms. The number of hydrogen-bond donors (Lipinski definition) is 3. The van der Waals surface area contributed by atoms with Gasteiger partial charge < -0.3 is 29.6 Å². The Bertz CT molecular complexity index is 1150. The molecule has 0 saturated carbocycles. The summed E-state index contributed by atoms with van der Waals surface area (Å²) in [5.74, 6) is -2.41. The second-order valence-corrected chi connectivity index (χ2v) is 7.61. The van der Waals surface area contributed by atoms with Gasteiger partial charge in [0.05, 0.1) is 14.2 Å². The second kappa shape index (κ2) is 11.2. The first-order valence-corrected chi connectivity index (χ1v) is 10.6. The molecule has 180 valence electrons. The number of H-pyrrole nitrogens is 1. The lowest BCUT2D eigenvalue weighted by Gasteiger charge is -2.34. The van der Waals surface area contributed by atoms with E-state index in [-0.39, 0.29) is 5.91 Å². The van der Waals surface area contributed by atoms with Gasteiger partial charge in [0.2, 0.25) is 0 Å². The zero-order valence-corrected chi connectivity index (χ0v) is 19.0. The predicted octanol–water partition coefficient (Wildman–Crippen LogP) is 2.30. The Hall–Kier alpha value is -4.05. The summed E-state index contributed by atoms with van der Waals surface area (Å²) < 4.78 is 10.6. The third-order valence-electron chi connectivity index (χ3n) is 5.54. The molecule has 0 atom stereocenters. The Balaban J connectivity index is 0.000000481. The Morgan fingerprint density at radius 3 is 2.18 bits per heavy atom. The fourth-order valence-corrected chi connectivity index (χ4v) is 3.76. The molecule has 34 heavy (non-hydrogen) atoms. The third-order valence-corrected chi connectivity index (χ3v) is 5.54. The molecule has 3 N–H and O–H groups in total. The zero-order valence-electron chi connectivity index (χ0n) is 19.0. The number of rotatable bonds is 5. The van der Waals surface area contributed by atoms with Crippen LogP contribution in [-0.4, -0.2) is 83.2 Å². The van der Waals surface area contributed by atoms with Crippen molar-refractivity contribution in [3.63, 3.8) is 0 Å². The first-order chi connectivity index (χ1) is 16.3. The van der Waals surface area contributed by atoms with E-state index >= 15 is 0 Å². The van der Waals surface area contributed by atoms with E-state index in [1.54, 1.807) is 32.4 Å². The van der Waals surface area contributed by atoms with E-state index in [4.69, 9.17) is 29.3 Å². The molecule has 0 unspecified atom stereocenters. The maximum absolute atomic E-state index is 12.9. The molecule has 1 fully saturated rings. The number of hydrogen-bond acceptors (Lipinski definition) is 6. The number of carboxylic acid groups (broad SMARTS) is 2. The lowest BCUT2D eigenvalue weighted by atomic mass is 10.1. The highest BCUT2D eigenvalue weighted by Gasteiger charge is 2.23. The summed E-state index contributed by atoms with van der Waals surface area (Å²) in [5, 5.41) is 16.1. The summed E-state index contributed by atoms with van der Waals surface area (Å²) in [5.41, 5.74) is 3.10. The lowest BCUT2D eigenvalue weighted by molar-refractivity contribution is -0.159. The van der Waals surface area contributed by atoms with Crippen LogP contribution in [0.2, 0.25) is 0 Å². The number of methoxy groups -OCH3 is 2. The van der Waals surface area contributed by atoms with Crippen LogP contribution in [0.5, 0.6) is 11.5 Å². The van der Waals surface area contributed by atoms with Crippen molar-refractivity contribution in [1.82, 2.24) is 14.8 Å². The van der Waals surface area contributed by atoms with Gasteiger partial charge >= 0.3 is 11.9 Å². The van der Waals surface area contributed by atoms with Crippen LogP contribution in [-0.2, 0) is 16.1 Å². The predicted molar refractivity (Wildman–Crippen MR) is 124 cm³/mol. The molecule has 2 aromatic carbocycles. The van der Waals surface area contributed by atoms with Gasteiger partial charge in [-0.25, -0.2) is 9.59 Å². The number of piperazine rings is 1. The van der Waals surface area contributed by atoms with Gasteiger partial charge in [-0.05, 0) is 29.8 Å². The molecular formula is C24H27N3O7. The maximum atomic E-state index is 12.9. The Labute approximate surface area is 196 Å². The number of aliphatic carboxylic acids is 2. The van der Waals surface area contributed by atoms with Crippen molar-refractivity contribution in [2.24, 2.45) is 0 Å². The van der Waals surface area contributed by atoms with Gasteiger partial charge in [-0.2, -0.15) is 0 Å². The van der Waals surface area contributed by atoms with Crippen LogP contribution >= 0.6 is 0 Å². The summed E-state index contributed by atoms with van der Waals surface area (Å²) >= 11 is 0. The number of carboxylic acids is 2. The number of aromatic amines is 1. The van der Waals surface area contributed by atoms with Crippen LogP contribution in [0.1, 0.15) is 15.9 Å². The second-order valence-electron chi connectivity index (χ2n) is 7.61. The average molecular weight is 469 g/mol. The Morgan fingerprint density at radius 2 is 1.56 bits per heavy atom. The number of fused-ring (bicyclic) bond motifs is 1. The van der Waals surface area contributed by atoms with Gasteiger partial charge in [-0.3, -0.25) is 9.69 Å². The molecule has 1 aliphatic rings. The number of benzene rings is 2. The minimum Gasteiger partial charge on any atom is -0.493 e. The summed E-state index contributed by atoms with van der Waals surface area (Å²) in [7, 11) is 3.17. The van der Waals surface area contributed by atoms with E-state index in [1.165, 1.54) is 16.5 Å². The van der Waals surface area contributed by atoms with Crippen LogP contribution in [0.3, 0.4) is 0 Å². The quantitative estimate of drug-likeness (QED) is 0.485. The standard InChI is InChI=1S/C22H25N3O3.C2H2O4/c1-27-20-8-7-16(13-21(20)28-2)22(26)25-11-9-24(10-12-25)15-17-14-23-19-6-4-3-5-18(17)19;3-1(4)2(5)6/h3-8,13-14,23H,9-12,15H2,1-2H3;(H,3,4)(H,5,6). The minimum absolute atomic E-state index is 0.0349. The number of nitrogens with zero attached hydrogens (tertiary/aromatic N) is 2. The number of carbonyl (C=O) groups is 3. The SMILES string of the molecule is COc1ccc(C(=O)N2CCN(Cc3c[nH]c4ccccc34)CC2)cc1OC.O=C(O)C(=O)O. The van der Waals surface area contributed by atoms with E-state index < -0.39 is 11.9 Å². The van der Waals surface area contributed by atoms with Crippen molar-refractivity contribution in [3.8, 4) is 11.5 Å². The van der Waals surface area contributed by atoms with Crippen molar-refractivity contribution in [1.29, 1.82) is 0 Å². The normalized spacial score (nSPS) is 13.6. The first-order valence-electron chi connectivity index (χ1n) is 10.6. The number of nitrogens with one attached hydrogen (secondary N) is 1. The van der Waals surface area contributed by atoms with Crippen molar-refractivity contribution in [2.45, 2.75) is 6.54 Å². The first kappa shape index (κ1) is 24.6. The molecule has 2 heterocycles. The summed E-state index contributed by atoms with van der Waals surface area (Å²) in [4.78, 5) is 38.7. The smallest absolute Gasteiger partial charge is 0.414 e.